The lowest BCUT2D eigenvalue weighted by Gasteiger charge is -2.07. The van der Waals surface area contributed by atoms with Gasteiger partial charge < -0.3 is 23.9 Å². The second kappa shape index (κ2) is 9.30. The fourth-order valence-corrected chi connectivity index (χ4v) is 4.82. The van der Waals surface area contributed by atoms with Crippen LogP contribution in [0, 0.1) is 5.82 Å². The molecule has 0 aliphatic carbocycles. The van der Waals surface area contributed by atoms with E-state index < -0.39 is 15.7 Å². The summed E-state index contributed by atoms with van der Waals surface area (Å²) in [6.45, 7) is 2.79. The number of fused-ring (bicyclic) bond motifs is 1. The number of nitrogens with one attached hydrogen (secondary N) is 1. The van der Waals surface area contributed by atoms with Gasteiger partial charge in [0, 0.05) is 12.1 Å². The van der Waals surface area contributed by atoms with Crippen molar-refractivity contribution in [1.82, 2.24) is 4.98 Å². The van der Waals surface area contributed by atoms with Gasteiger partial charge in [0.2, 0.25) is 33.4 Å². The number of rotatable bonds is 8. The summed E-state index contributed by atoms with van der Waals surface area (Å²) < 4.78 is 62.2. The minimum absolute atomic E-state index is 0.0316. The van der Waals surface area contributed by atoms with Gasteiger partial charge in [0.25, 0.3) is 0 Å². The fourth-order valence-electron chi connectivity index (χ4n) is 3.54. The number of halogens is 1. The molecule has 2 heterocycles. The number of sulfone groups is 1. The molecular weight excluding hydrogens is 475 g/mol. The first-order valence-electron chi connectivity index (χ1n) is 10.8. The summed E-state index contributed by atoms with van der Waals surface area (Å²) in [6, 6.07) is 16.9. The zero-order valence-corrected chi connectivity index (χ0v) is 19.5. The van der Waals surface area contributed by atoms with E-state index >= 15 is 0 Å². The summed E-state index contributed by atoms with van der Waals surface area (Å²) in [4.78, 5) is 4.20. The summed E-state index contributed by atoms with van der Waals surface area (Å²) in [5.41, 5.74) is 1.39. The lowest BCUT2D eigenvalue weighted by atomic mass is 10.2. The summed E-state index contributed by atoms with van der Waals surface area (Å²) >= 11 is 0. The Hall–Kier alpha value is -4.05. The minimum Gasteiger partial charge on any atom is -0.494 e. The van der Waals surface area contributed by atoms with Gasteiger partial charge in [0.1, 0.15) is 11.6 Å². The quantitative estimate of drug-likeness (QED) is 0.338. The van der Waals surface area contributed by atoms with Crippen LogP contribution in [0.5, 0.6) is 17.2 Å². The Morgan fingerprint density at radius 3 is 2.49 bits per heavy atom. The molecule has 1 N–H and O–H groups in total. The van der Waals surface area contributed by atoms with Crippen LogP contribution < -0.4 is 19.5 Å². The van der Waals surface area contributed by atoms with Gasteiger partial charge in [-0.05, 0) is 73.2 Å². The van der Waals surface area contributed by atoms with Gasteiger partial charge in [-0.15, -0.1) is 0 Å². The number of nitrogens with zero attached hydrogens (tertiary/aromatic N) is 1. The van der Waals surface area contributed by atoms with Gasteiger partial charge in [-0.2, -0.15) is 4.98 Å². The highest BCUT2D eigenvalue weighted by molar-refractivity contribution is 7.91. The smallest absolute Gasteiger partial charge is 0.234 e. The highest BCUT2D eigenvalue weighted by atomic mass is 32.2. The van der Waals surface area contributed by atoms with E-state index in [1.54, 1.807) is 36.4 Å². The Bertz CT molecular complexity index is 1450. The van der Waals surface area contributed by atoms with Gasteiger partial charge >= 0.3 is 0 Å². The zero-order valence-electron chi connectivity index (χ0n) is 18.7. The van der Waals surface area contributed by atoms with Crippen molar-refractivity contribution in [3.05, 3.63) is 78.1 Å². The van der Waals surface area contributed by atoms with Gasteiger partial charge in [-0.25, -0.2) is 12.8 Å². The van der Waals surface area contributed by atoms with E-state index in [0.717, 1.165) is 17.7 Å². The van der Waals surface area contributed by atoms with Crippen LogP contribution in [0.1, 0.15) is 12.5 Å². The maximum absolute atomic E-state index is 13.4. The van der Waals surface area contributed by atoms with Crippen LogP contribution in [-0.4, -0.2) is 26.8 Å². The number of benzene rings is 3. The van der Waals surface area contributed by atoms with Crippen molar-refractivity contribution in [2.45, 2.75) is 23.4 Å². The second-order valence-corrected chi connectivity index (χ2v) is 9.47. The Morgan fingerprint density at radius 1 is 1.00 bits per heavy atom. The van der Waals surface area contributed by atoms with E-state index in [1.807, 2.05) is 13.0 Å². The summed E-state index contributed by atoms with van der Waals surface area (Å²) in [7, 11) is -4.11. The predicted octanol–water partition coefficient (Wildman–Crippen LogP) is 5.05. The number of hydrogen-bond acceptors (Lipinski definition) is 8. The fraction of sp³-hybridized carbons (Fsp3) is 0.160. The molecule has 1 aliphatic heterocycles. The molecule has 0 unspecified atom stereocenters. The number of anilines is 1. The van der Waals surface area contributed by atoms with E-state index in [9.17, 15) is 12.8 Å². The van der Waals surface area contributed by atoms with Crippen molar-refractivity contribution in [2.75, 3.05) is 18.7 Å². The zero-order chi connectivity index (χ0) is 24.4. The Labute approximate surface area is 201 Å². The number of oxazole rings is 1. The van der Waals surface area contributed by atoms with Crippen molar-refractivity contribution in [3.63, 3.8) is 0 Å². The third-order valence-electron chi connectivity index (χ3n) is 5.28. The van der Waals surface area contributed by atoms with Crippen molar-refractivity contribution in [2.24, 2.45) is 0 Å². The largest absolute Gasteiger partial charge is 0.494 e. The first-order chi connectivity index (χ1) is 16.9. The average Bonchev–Trinajstić information content (AvgIpc) is 3.51. The molecule has 1 aromatic heterocycles. The van der Waals surface area contributed by atoms with Crippen LogP contribution in [0.4, 0.5) is 10.3 Å². The molecule has 0 atom stereocenters. The molecule has 0 bridgehead atoms. The number of ether oxygens (including phenoxy) is 3. The summed E-state index contributed by atoms with van der Waals surface area (Å²) in [6.07, 6.45) is 0. The van der Waals surface area contributed by atoms with E-state index in [4.69, 9.17) is 18.6 Å². The standard InChI is InChI=1S/C25H21FN2O6S/c1-2-31-19-8-4-17(5-9-19)23-28-25(35(29,30)20-10-6-18(26)7-11-20)24(34-23)27-14-16-3-12-21-22(13-16)33-15-32-21/h3-13,27H,2,14-15H2,1H3. The third-order valence-corrected chi connectivity index (χ3v) is 6.96. The highest BCUT2D eigenvalue weighted by Crippen LogP contribution is 2.35. The molecule has 8 nitrogen and oxygen atoms in total. The van der Waals surface area contributed by atoms with Crippen LogP contribution in [0.2, 0.25) is 0 Å². The van der Waals surface area contributed by atoms with Crippen LogP contribution in [0.25, 0.3) is 11.5 Å². The molecule has 0 saturated carbocycles. The highest BCUT2D eigenvalue weighted by Gasteiger charge is 2.29. The molecule has 0 radical (unpaired) electrons. The molecule has 180 valence electrons. The maximum atomic E-state index is 13.4. The summed E-state index contributed by atoms with van der Waals surface area (Å²) in [5.74, 6) is 1.46. The SMILES string of the molecule is CCOc1ccc(-c2nc(S(=O)(=O)c3ccc(F)cc3)c(NCc3ccc4c(c3)OCO4)o2)cc1. The molecule has 5 rings (SSSR count). The van der Waals surface area contributed by atoms with Gasteiger partial charge in [-0.3, -0.25) is 0 Å². The van der Waals surface area contributed by atoms with Gasteiger partial charge in [0.15, 0.2) is 11.5 Å². The Morgan fingerprint density at radius 2 is 1.74 bits per heavy atom. The average molecular weight is 497 g/mol. The van der Waals surface area contributed by atoms with Crippen LogP contribution in [0.15, 0.2) is 81.1 Å². The molecule has 4 aromatic rings. The van der Waals surface area contributed by atoms with Crippen LogP contribution in [0.3, 0.4) is 0 Å². The number of aromatic nitrogens is 1. The van der Waals surface area contributed by atoms with Crippen LogP contribution >= 0.6 is 0 Å². The third kappa shape index (κ3) is 4.65. The first kappa shape index (κ1) is 22.7. The van der Waals surface area contributed by atoms with Crippen molar-refractivity contribution >= 4 is 15.7 Å². The number of hydrogen-bond donors (Lipinski definition) is 1. The molecule has 35 heavy (non-hydrogen) atoms. The lowest BCUT2D eigenvalue weighted by Crippen LogP contribution is -2.07. The molecule has 0 amide bonds. The predicted molar refractivity (Wildman–Crippen MR) is 125 cm³/mol. The van der Waals surface area contributed by atoms with Crippen LogP contribution in [-0.2, 0) is 16.4 Å². The molecule has 1 aliphatic rings. The van der Waals surface area contributed by atoms with E-state index in [2.05, 4.69) is 10.3 Å². The molecular formula is C25H21FN2O6S. The minimum atomic E-state index is -4.11. The van der Waals surface area contributed by atoms with E-state index in [-0.39, 0.29) is 35.0 Å². The Balaban J connectivity index is 1.50. The first-order valence-corrected chi connectivity index (χ1v) is 12.3. The van der Waals surface area contributed by atoms with Crippen molar-refractivity contribution in [3.8, 4) is 28.7 Å². The molecule has 0 saturated heterocycles. The van der Waals surface area contributed by atoms with Gasteiger partial charge in [0.05, 0.1) is 11.5 Å². The molecule has 3 aromatic carbocycles. The Kier molecular flexibility index (Phi) is 6.04. The molecule has 0 fully saturated rings. The van der Waals surface area contributed by atoms with E-state index in [0.29, 0.717) is 29.4 Å². The van der Waals surface area contributed by atoms with Gasteiger partial charge in [-0.1, -0.05) is 6.07 Å². The topological polar surface area (TPSA) is 99.9 Å². The van der Waals surface area contributed by atoms with Crippen molar-refractivity contribution in [1.29, 1.82) is 0 Å². The lowest BCUT2D eigenvalue weighted by molar-refractivity contribution is 0.174. The molecule has 0 spiro atoms. The maximum Gasteiger partial charge on any atom is 0.234 e. The normalized spacial score (nSPS) is 12.5. The summed E-state index contributed by atoms with van der Waals surface area (Å²) in [5, 5.41) is 2.73. The second-order valence-electron chi connectivity index (χ2n) is 7.61. The van der Waals surface area contributed by atoms with Crippen molar-refractivity contribution < 1.29 is 31.4 Å². The van der Waals surface area contributed by atoms with E-state index in [1.165, 1.54) is 12.1 Å². The molecule has 10 heteroatoms. The monoisotopic (exact) mass is 496 g/mol.